The number of ether oxygens (including phenoxy) is 2. The van der Waals surface area contributed by atoms with Gasteiger partial charge in [-0.2, -0.15) is 0 Å². The first-order valence-electron chi connectivity index (χ1n) is 5.57. The van der Waals surface area contributed by atoms with Crippen molar-refractivity contribution in [2.24, 2.45) is 0 Å². The van der Waals surface area contributed by atoms with Crippen molar-refractivity contribution in [3.8, 4) is 0 Å². The number of rotatable bonds is 2. The topological polar surface area (TPSA) is 64.6 Å². The van der Waals surface area contributed by atoms with E-state index in [0.29, 0.717) is 0 Å². The third-order valence-electron chi connectivity index (χ3n) is 2.40. The summed E-state index contributed by atoms with van der Waals surface area (Å²) in [6.07, 6.45) is 1.68. The summed E-state index contributed by atoms with van der Waals surface area (Å²) in [5, 5.41) is 3.06. The number of anilines is 1. The van der Waals surface area contributed by atoms with E-state index in [1.807, 2.05) is 46.9 Å². The largest absolute Gasteiger partial charge is 0.424 e. The number of hydrogen-bond acceptors (Lipinski definition) is 5. The van der Waals surface area contributed by atoms with Crippen molar-refractivity contribution in [2.45, 2.75) is 17.6 Å². The first-order valence-corrected chi connectivity index (χ1v) is 6.65. The molecule has 0 fully saturated rings. The van der Waals surface area contributed by atoms with Gasteiger partial charge >= 0.3 is 11.9 Å². The molecule has 0 saturated carbocycles. The van der Waals surface area contributed by atoms with Gasteiger partial charge in [-0.3, -0.25) is 9.59 Å². The van der Waals surface area contributed by atoms with Gasteiger partial charge in [-0.25, -0.2) is 0 Å². The maximum absolute atomic E-state index is 11.2. The Balaban J connectivity index is 2.44. The van der Waals surface area contributed by atoms with Crippen molar-refractivity contribution in [3.63, 3.8) is 0 Å². The average molecular weight is 373 g/mol. The van der Waals surface area contributed by atoms with Crippen LogP contribution in [0, 0.1) is 0 Å². The summed E-state index contributed by atoms with van der Waals surface area (Å²) < 4.78 is 9.16. The van der Waals surface area contributed by atoms with E-state index in [2.05, 4.69) is 5.32 Å². The van der Waals surface area contributed by atoms with E-state index >= 15 is 0 Å². The molecule has 1 atom stereocenters. The SMILES string of the molecule is CC(=O)OC1=Cc2ccccc2NC1(I)OC(C)=O. The number of nitrogens with one attached hydrogen (secondary N) is 1. The monoisotopic (exact) mass is 373 g/mol. The van der Waals surface area contributed by atoms with Crippen molar-refractivity contribution in [1.82, 2.24) is 0 Å². The van der Waals surface area contributed by atoms with E-state index in [1.165, 1.54) is 13.8 Å². The molecular weight excluding hydrogens is 361 g/mol. The van der Waals surface area contributed by atoms with Crippen LogP contribution in [0.4, 0.5) is 5.69 Å². The van der Waals surface area contributed by atoms with Gasteiger partial charge in [-0.15, -0.1) is 0 Å². The lowest BCUT2D eigenvalue weighted by Crippen LogP contribution is -2.41. The van der Waals surface area contributed by atoms with Crippen LogP contribution in [0.3, 0.4) is 0 Å². The van der Waals surface area contributed by atoms with Crippen molar-refractivity contribution in [1.29, 1.82) is 0 Å². The Morgan fingerprint density at radius 1 is 1.21 bits per heavy atom. The average Bonchev–Trinajstić information content (AvgIpc) is 2.28. The van der Waals surface area contributed by atoms with Gasteiger partial charge in [0.1, 0.15) is 0 Å². The van der Waals surface area contributed by atoms with Crippen LogP contribution in [-0.4, -0.2) is 15.7 Å². The normalized spacial score (nSPS) is 20.7. The lowest BCUT2D eigenvalue weighted by molar-refractivity contribution is -0.150. The number of halogens is 1. The van der Waals surface area contributed by atoms with Gasteiger partial charge in [-0.1, -0.05) is 18.2 Å². The minimum absolute atomic E-state index is 0.245. The van der Waals surface area contributed by atoms with E-state index < -0.39 is 15.7 Å². The quantitative estimate of drug-likeness (QED) is 0.374. The molecule has 0 radical (unpaired) electrons. The highest BCUT2D eigenvalue weighted by Crippen LogP contribution is 2.39. The smallest absolute Gasteiger partial charge is 0.307 e. The number of alkyl halides is 1. The Labute approximate surface area is 124 Å². The molecule has 5 nitrogen and oxygen atoms in total. The Hall–Kier alpha value is -1.57. The van der Waals surface area contributed by atoms with Gasteiger partial charge < -0.3 is 14.8 Å². The number of esters is 2. The number of fused-ring (bicyclic) bond motifs is 1. The lowest BCUT2D eigenvalue weighted by Gasteiger charge is -2.33. The summed E-state index contributed by atoms with van der Waals surface area (Å²) in [4.78, 5) is 22.4. The second kappa shape index (κ2) is 5.20. The first kappa shape index (κ1) is 13.9. The molecule has 1 aromatic rings. The molecule has 2 rings (SSSR count). The molecule has 1 aliphatic rings. The first-order chi connectivity index (χ1) is 8.90. The Bertz CT molecular complexity index is 570. The van der Waals surface area contributed by atoms with Gasteiger partial charge in [0.25, 0.3) is 3.73 Å². The zero-order valence-electron chi connectivity index (χ0n) is 10.4. The molecule has 1 heterocycles. The van der Waals surface area contributed by atoms with Crippen molar-refractivity contribution in [2.75, 3.05) is 5.32 Å². The highest BCUT2D eigenvalue weighted by Gasteiger charge is 2.40. The molecule has 1 N–H and O–H groups in total. The van der Waals surface area contributed by atoms with E-state index in [-0.39, 0.29) is 5.76 Å². The van der Waals surface area contributed by atoms with Gasteiger partial charge in [0, 0.05) is 47.7 Å². The van der Waals surface area contributed by atoms with Gasteiger partial charge in [0.15, 0.2) is 5.76 Å². The number of para-hydroxylation sites is 1. The van der Waals surface area contributed by atoms with Crippen LogP contribution >= 0.6 is 22.6 Å². The third-order valence-corrected chi connectivity index (χ3v) is 3.42. The molecule has 0 aromatic heterocycles. The van der Waals surface area contributed by atoms with Crippen molar-refractivity contribution >= 4 is 46.3 Å². The molecule has 0 spiro atoms. The molecule has 19 heavy (non-hydrogen) atoms. The minimum atomic E-state index is -1.22. The number of benzene rings is 1. The highest BCUT2D eigenvalue weighted by atomic mass is 127. The fourth-order valence-corrected chi connectivity index (χ4v) is 2.60. The van der Waals surface area contributed by atoms with E-state index in [9.17, 15) is 9.59 Å². The van der Waals surface area contributed by atoms with Gasteiger partial charge in [-0.05, 0) is 12.1 Å². The van der Waals surface area contributed by atoms with E-state index in [1.54, 1.807) is 6.08 Å². The Kier molecular flexibility index (Phi) is 3.79. The number of carbonyl (C=O) groups is 2. The van der Waals surface area contributed by atoms with Crippen LogP contribution < -0.4 is 5.32 Å². The van der Waals surface area contributed by atoms with Crippen LogP contribution in [0.5, 0.6) is 0 Å². The van der Waals surface area contributed by atoms with Gasteiger partial charge in [0.2, 0.25) is 0 Å². The second-order valence-corrected chi connectivity index (χ2v) is 5.52. The molecule has 100 valence electrons. The van der Waals surface area contributed by atoms with Crippen LogP contribution in [0.2, 0.25) is 0 Å². The molecule has 6 heteroatoms. The molecule has 0 aliphatic carbocycles. The Morgan fingerprint density at radius 3 is 2.53 bits per heavy atom. The van der Waals surface area contributed by atoms with E-state index in [4.69, 9.17) is 9.47 Å². The zero-order valence-corrected chi connectivity index (χ0v) is 12.6. The summed E-state index contributed by atoms with van der Waals surface area (Å²) in [7, 11) is 0. The minimum Gasteiger partial charge on any atom is -0.424 e. The molecule has 0 bridgehead atoms. The maximum Gasteiger partial charge on any atom is 0.307 e. The summed E-state index contributed by atoms with van der Waals surface area (Å²) in [6, 6.07) is 7.46. The Morgan fingerprint density at radius 2 is 1.89 bits per heavy atom. The maximum atomic E-state index is 11.2. The van der Waals surface area contributed by atoms with Crippen molar-refractivity contribution in [3.05, 3.63) is 35.6 Å². The lowest BCUT2D eigenvalue weighted by atomic mass is 10.1. The third kappa shape index (κ3) is 3.06. The molecule has 1 unspecified atom stereocenters. The number of carbonyl (C=O) groups excluding carboxylic acids is 2. The highest BCUT2D eigenvalue weighted by molar-refractivity contribution is 14.1. The zero-order chi connectivity index (χ0) is 14.0. The van der Waals surface area contributed by atoms with Gasteiger partial charge in [0.05, 0.1) is 0 Å². The molecule has 0 amide bonds. The van der Waals surface area contributed by atoms with Crippen LogP contribution in [0.15, 0.2) is 30.0 Å². The standard InChI is InChI=1S/C13H12INO4/c1-8(16)18-12-7-10-5-3-4-6-11(10)15-13(12,14)19-9(2)17/h3-7,15H,1-2H3. The van der Waals surface area contributed by atoms with E-state index in [0.717, 1.165) is 11.3 Å². The summed E-state index contributed by atoms with van der Waals surface area (Å²) >= 11 is 1.90. The molecular formula is C13H12INO4. The second-order valence-electron chi connectivity index (χ2n) is 4.00. The van der Waals surface area contributed by atoms with Crippen molar-refractivity contribution < 1.29 is 19.1 Å². The summed E-state index contributed by atoms with van der Waals surface area (Å²) in [5.41, 5.74) is 1.66. The summed E-state index contributed by atoms with van der Waals surface area (Å²) in [6.45, 7) is 2.60. The predicted octanol–water partition coefficient (Wildman–Crippen LogP) is 2.67. The molecule has 0 saturated heterocycles. The fourth-order valence-electron chi connectivity index (χ4n) is 1.73. The van der Waals surface area contributed by atoms with Crippen LogP contribution in [0.1, 0.15) is 19.4 Å². The fraction of sp³-hybridized carbons (Fsp3) is 0.231. The molecule has 1 aliphatic heterocycles. The van der Waals surface area contributed by atoms with Crippen LogP contribution in [0.25, 0.3) is 6.08 Å². The van der Waals surface area contributed by atoms with Crippen LogP contribution in [-0.2, 0) is 19.1 Å². The number of hydrogen-bond donors (Lipinski definition) is 1. The molecule has 1 aromatic carbocycles. The summed E-state index contributed by atoms with van der Waals surface area (Å²) in [5.74, 6) is -0.700. The predicted molar refractivity (Wildman–Crippen MR) is 78.3 cm³/mol.